The molecule has 3 nitrogen and oxygen atoms in total. The quantitative estimate of drug-likeness (QED) is 0.835. The standard InChI is InChI=1S/C11H12F5NO2/c1-19-6-2-3-7(8(4-6)11(14,15)16)9(17)10(12,13)5-18/h2-4,9,18H,5,17H2,1H3/t9-/m1/s1. The number of nitrogens with two attached hydrogens (primary N) is 1. The molecule has 0 radical (unpaired) electrons. The van der Waals surface area contributed by atoms with Gasteiger partial charge in [-0.1, -0.05) is 6.07 Å². The monoisotopic (exact) mass is 285 g/mol. The second kappa shape index (κ2) is 5.30. The Morgan fingerprint density at radius 3 is 2.26 bits per heavy atom. The number of rotatable bonds is 4. The third-order valence-electron chi connectivity index (χ3n) is 2.57. The molecule has 0 aliphatic rings. The highest BCUT2D eigenvalue weighted by molar-refractivity contribution is 5.40. The van der Waals surface area contributed by atoms with Crippen LogP contribution in [0.1, 0.15) is 17.2 Å². The van der Waals surface area contributed by atoms with Gasteiger partial charge in [-0.25, -0.2) is 8.78 Å². The van der Waals surface area contributed by atoms with Crippen molar-refractivity contribution in [2.75, 3.05) is 13.7 Å². The maximum absolute atomic E-state index is 13.2. The number of alkyl halides is 5. The van der Waals surface area contributed by atoms with Gasteiger partial charge in [0.25, 0.3) is 5.92 Å². The summed E-state index contributed by atoms with van der Waals surface area (Å²) in [6.45, 7) is -1.64. The summed E-state index contributed by atoms with van der Waals surface area (Å²) in [5, 5.41) is 8.48. The van der Waals surface area contributed by atoms with Crippen LogP contribution < -0.4 is 10.5 Å². The van der Waals surface area contributed by atoms with Crippen LogP contribution in [-0.2, 0) is 6.18 Å². The lowest BCUT2D eigenvalue weighted by Gasteiger charge is -2.25. The fourth-order valence-corrected chi connectivity index (χ4v) is 1.50. The van der Waals surface area contributed by atoms with Gasteiger partial charge in [0.05, 0.1) is 18.7 Å². The van der Waals surface area contributed by atoms with Gasteiger partial charge in [-0.3, -0.25) is 0 Å². The summed E-state index contributed by atoms with van der Waals surface area (Å²) >= 11 is 0. The number of aliphatic hydroxyl groups excluding tert-OH is 1. The van der Waals surface area contributed by atoms with Gasteiger partial charge in [0.15, 0.2) is 0 Å². The van der Waals surface area contributed by atoms with E-state index in [1.807, 2.05) is 0 Å². The Hall–Kier alpha value is -1.41. The van der Waals surface area contributed by atoms with Crippen LogP contribution in [0.25, 0.3) is 0 Å². The van der Waals surface area contributed by atoms with Crippen molar-refractivity contribution in [2.24, 2.45) is 5.73 Å². The molecule has 0 heterocycles. The van der Waals surface area contributed by atoms with Gasteiger partial charge >= 0.3 is 6.18 Å². The molecule has 1 aromatic carbocycles. The number of methoxy groups -OCH3 is 1. The van der Waals surface area contributed by atoms with E-state index in [0.29, 0.717) is 6.07 Å². The summed E-state index contributed by atoms with van der Waals surface area (Å²) in [7, 11) is 1.15. The number of halogens is 5. The van der Waals surface area contributed by atoms with E-state index in [4.69, 9.17) is 10.8 Å². The van der Waals surface area contributed by atoms with E-state index in [1.54, 1.807) is 0 Å². The zero-order valence-corrected chi connectivity index (χ0v) is 9.84. The van der Waals surface area contributed by atoms with Crippen LogP contribution in [0, 0.1) is 0 Å². The molecular formula is C11H12F5NO2. The van der Waals surface area contributed by atoms with Gasteiger partial charge in [-0.2, -0.15) is 13.2 Å². The Labute approximate surface area is 105 Å². The Bertz CT molecular complexity index is 447. The summed E-state index contributed by atoms with van der Waals surface area (Å²) < 4.78 is 69.4. The molecule has 0 aliphatic carbocycles. The summed E-state index contributed by atoms with van der Waals surface area (Å²) in [5.41, 5.74) is 3.01. The third kappa shape index (κ3) is 3.32. The van der Waals surface area contributed by atoms with E-state index in [9.17, 15) is 22.0 Å². The van der Waals surface area contributed by atoms with Gasteiger partial charge in [0, 0.05) is 0 Å². The van der Waals surface area contributed by atoms with E-state index in [0.717, 1.165) is 19.2 Å². The van der Waals surface area contributed by atoms with Gasteiger partial charge in [-0.15, -0.1) is 0 Å². The Kier molecular flexibility index (Phi) is 4.36. The Morgan fingerprint density at radius 1 is 1.26 bits per heavy atom. The van der Waals surface area contributed by atoms with Gasteiger partial charge < -0.3 is 15.6 Å². The average molecular weight is 285 g/mol. The summed E-state index contributed by atoms with van der Waals surface area (Å²) in [6.07, 6.45) is -4.85. The number of aliphatic hydroxyl groups is 1. The largest absolute Gasteiger partial charge is 0.497 e. The van der Waals surface area contributed by atoms with Crippen LogP contribution in [0.2, 0.25) is 0 Å². The molecule has 1 atom stereocenters. The van der Waals surface area contributed by atoms with Crippen molar-refractivity contribution in [1.29, 1.82) is 0 Å². The smallest absolute Gasteiger partial charge is 0.416 e. The molecule has 0 fully saturated rings. The lowest BCUT2D eigenvalue weighted by Crippen LogP contribution is -2.37. The second-order valence-electron chi connectivity index (χ2n) is 3.85. The first-order valence-electron chi connectivity index (χ1n) is 5.13. The topological polar surface area (TPSA) is 55.5 Å². The van der Waals surface area contributed by atoms with E-state index >= 15 is 0 Å². The highest BCUT2D eigenvalue weighted by atomic mass is 19.4. The summed E-state index contributed by atoms with van der Waals surface area (Å²) in [6, 6.07) is 0.233. The molecule has 19 heavy (non-hydrogen) atoms. The molecule has 0 spiro atoms. The highest BCUT2D eigenvalue weighted by Gasteiger charge is 2.43. The predicted molar refractivity (Wildman–Crippen MR) is 57.0 cm³/mol. The van der Waals surface area contributed by atoms with Crippen LogP contribution in [0.4, 0.5) is 22.0 Å². The molecule has 1 aromatic rings. The average Bonchev–Trinajstić information content (AvgIpc) is 2.36. The first-order chi connectivity index (χ1) is 8.63. The summed E-state index contributed by atoms with van der Waals surface area (Å²) in [5.74, 6) is -3.98. The molecule has 0 aromatic heterocycles. The van der Waals surface area contributed by atoms with Gasteiger partial charge in [0.2, 0.25) is 0 Å². The fourth-order valence-electron chi connectivity index (χ4n) is 1.50. The molecule has 8 heteroatoms. The van der Waals surface area contributed by atoms with Crippen molar-refractivity contribution in [3.63, 3.8) is 0 Å². The van der Waals surface area contributed by atoms with Crippen LogP contribution >= 0.6 is 0 Å². The molecule has 3 N–H and O–H groups in total. The lowest BCUT2D eigenvalue weighted by molar-refractivity contribution is -0.140. The highest BCUT2D eigenvalue weighted by Crippen LogP contribution is 2.40. The Balaban J connectivity index is 3.35. The number of hydrogen-bond acceptors (Lipinski definition) is 3. The minimum Gasteiger partial charge on any atom is -0.497 e. The molecule has 0 saturated heterocycles. The first kappa shape index (κ1) is 15.6. The van der Waals surface area contributed by atoms with Crippen molar-refractivity contribution in [2.45, 2.75) is 18.1 Å². The molecule has 0 aliphatic heterocycles. The number of hydrogen-bond donors (Lipinski definition) is 2. The van der Waals surface area contributed by atoms with E-state index in [1.165, 1.54) is 0 Å². The molecule has 0 amide bonds. The first-order valence-corrected chi connectivity index (χ1v) is 5.13. The second-order valence-corrected chi connectivity index (χ2v) is 3.85. The molecule has 0 bridgehead atoms. The summed E-state index contributed by atoms with van der Waals surface area (Å²) in [4.78, 5) is 0. The molecule has 1 rings (SSSR count). The van der Waals surface area contributed by atoms with Crippen molar-refractivity contribution in [3.8, 4) is 5.75 Å². The molecule has 108 valence electrons. The number of benzene rings is 1. The molecule has 0 saturated carbocycles. The fraction of sp³-hybridized carbons (Fsp3) is 0.455. The van der Waals surface area contributed by atoms with Crippen molar-refractivity contribution < 1.29 is 31.8 Å². The van der Waals surface area contributed by atoms with Crippen LogP contribution in [0.15, 0.2) is 18.2 Å². The van der Waals surface area contributed by atoms with Crippen molar-refractivity contribution in [3.05, 3.63) is 29.3 Å². The Morgan fingerprint density at radius 2 is 1.84 bits per heavy atom. The van der Waals surface area contributed by atoms with Crippen LogP contribution in [0.3, 0.4) is 0 Å². The molecular weight excluding hydrogens is 273 g/mol. The van der Waals surface area contributed by atoms with E-state index in [2.05, 4.69) is 4.74 Å². The zero-order valence-electron chi connectivity index (χ0n) is 9.84. The van der Waals surface area contributed by atoms with Crippen LogP contribution in [0.5, 0.6) is 5.75 Å². The maximum atomic E-state index is 13.2. The lowest BCUT2D eigenvalue weighted by atomic mass is 9.96. The zero-order chi connectivity index (χ0) is 14.8. The van der Waals surface area contributed by atoms with Crippen LogP contribution in [-0.4, -0.2) is 24.7 Å². The van der Waals surface area contributed by atoms with Gasteiger partial charge in [0.1, 0.15) is 12.4 Å². The molecule has 0 unspecified atom stereocenters. The van der Waals surface area contributed by atoms with E-state index < -0.39 is 35.9 Å². The van der Waals surface area contributed by atoms with Crippen molar-refractivity contribution >= 4 is 0 Å². The number of ether oxygens (including phenoxy) is 1. The normalized spacial score (nSPS) is 14.3. The van der Waals surface area contributed by atoms with Gasteiger partial charge in [-0.05, 0) is 17.7 Å². The minimum atomic E-state index is -4.85. The predicted octanol–water partition coefficient (Wildman–Crippen LogP) is 2.34. The maximum Gasteiger partial charge on any atom is 0.416 e. The SMILES string of the molecule is COc1ccc([C@@H](N)C(F)(F)CO)c(C(F)(F)F)c1. The van der Waals surface area contributed by atoms with Crippen molar-refractivity contribution in [1.82, 2.24) is 0 Å². The van der Waals surface area contributed by atoms with E-state index in [-0.39, 0.29) is 5.75 Å². The minimum absolute atomic E-state index is 0.129. The third-order valence-corrected chi connectivity index (χ3v) is 2.57.